The van der Waals surface area contributed by atoms with Gasteiger partial charge in [0.1, 0.15) is 11.5 Å². The van der Waals surface area contributed by atoms with Crippen LogP contribution in [-0.4, -0.2) is 16.6 Å². The minimum atomic E-state index is 0.571. The molecule has 0 saturated heterocycles. The number of H-pyrrole nitrogens is 1. The van der Waals surface area contributed by atoms with Crippen LogP contribution in [0.2, 0.25) is 0 Å². The summed E-state index contributed by atoms with van der Waals surface area (Å²) >= 11 is 0. The molecule has 0 radical (unpaired) electrons. The van der Waals surface area contributed by atoms with Crippen molar-refractivity contribution in [3.8, 4) is 17.2 Å². The minimum absolute atomic E-state index is 0.571. The lowest BCUT2D eigenvalue weighted by molar-refractivity contribution is 0.319. The van der Waals surface area contributed by atoms with Gasteiger partial charge in [0.15, 0.2) is 0 Å². The number of aryl methyl sites for hydroxylation is 4. The van der Waals surface area contributed by atoms with Gasteiger partial charge in [-0.25, -0.2) is 4.98 Å². The van der Waals surface area contributed by atoms with Gasteiger partial charge in [-0.15, -0.1) is 0 Å². The summed E-state index contributed by atoms with van der Waals surface area (Å²) in [5.41, 5.74) is 5.91. The summed E-state index contributed by atoms with van der Waals surface area (Å²) in [5.74, 6) is 2.42. The minimum Gasteiger partial charge on any atom is -0.493 e. The average molecular weight is 386 g/mol. The molecule has 0 spiro atoms. The first-order chi connectivity index (χ1) is 14.2. The highest BCUT2D eigenvalue weighted by Crippen LogP contribution is 2.22. The zero-order valence-electron chi connectivity index (χ0n) is 16.9. The predicted octanol–water partition coefficient (Wildman–Crippen LogP) is 5.69. The normalized spacial score (nSPS) is 11.0. The monoisotopic (exact) mass is 386 g/mol. The Morgan fingerprint density at radius 1 is 0.931 bits per heavy atom. The van der Waals surface area contributed by atoms with Gasteiger partial charge >= 0.3 is 0 Å². The maximum absolute atomic E-state index is 5.99. The molecule has 4 aromatic rings. The standard InChI is InChI=1S/C25H26N2O2/c1-18-16-26-17-22(18)12-11-20-7-6-10-23(15-20)28-14-13-24-19(2)29-25(27-24)21-8-4-3-5-9-21/h3-10,15-17,26H,11-14H2,1-2H3. The Kier molecular flexibility index (Phi) is 5.80. The number of hydrogen-bond donors (Lipinski definition) is 1. The third-order valence-electron chi connectivity index (χ3n) is 5.17. The van der Waals surface area contributed by atoms with E-state index in [-0.39, 0.29) is 0 Å². The lowest BCUT2D eigenvalue weighted by Gasteiger charge is -2.08. The van der Waals surface area contributed by atoms with Crippen molar-refractivity contribution in [2.75, 3.05) is 6.61 Å². The first-order valence-electron chi connectivity index (χ1n) is 10.0. The number of nitrogens with zero attached hydrogens (tertiary/aromatic N) is 1. The van der Waals surface area contributed by atoms with E-state index in [0.717, 1.165) is 42.0 Å². The quantitative estimate of drug-likeness (QED) is 0.423. The number of aromatic amines is 1. The van der Waals surface area contributed by atoms with Crippen LogP contribution in [0, 0.1) is 13.8 Å². The second kappa shape index (κ2) is 8.82. The highest BCUT2D eigenvalue weighted by atomic mass is 16.5. The summed E-state index contributed by atoms with van der Waals surface area (Å²) in [7, 11) is 0. The third kappa shape index (κ3) is 4.77. The van der Waals surface area contributed by atoms with E-state index in [0.29, 0.717) is 12.5 Å². The summed E-state index contributed by atoms with van der Waals surface area (Å²) in [4.78, 5) is 7.81. The number of hydrogen-bond acceptors (Lipinski definition) is 3. The van der Waals surface area contributed by atoms with Crippen LogP contribution >= 0.6 is 0 Å². The number of rotatable bonds is 8. The molecule has 2 aromatic carbocycles. The Morgan fingerprint density at radius 2 is 1.79 bits per heavy atom. The summed E-state index contributed by atoms with van der Waals surface area (Å²) in [5, 5.41) is 0. The second-order valence-electron chi connectivity index (χ2n) is 7.30. The van der Waals surface area contributed by atoms with Crippen molar-refractivity contribution in [2.45, 2.75) is 33.1 Å². The molecule has 0 unspecified atom stereocenters. The number of nitrogens with one attached hydrogen (secondary N) is 1. The molecular formula is C25H26N2O2. The topological polar surface area (TPSA) is 51.0 Å². The Hall–Kier alpha value is -3.27. The molecule has 0 aliphatic carbocycles. The highest BCUT2D eigenvalue weighted by Gasteiger charge is 2.11. The number of aromatic nitrogens is 2. The maximum atomic E-state index is 5.99. The van der Waals surface area contributed by atoms with Crippen LogP contribution in [-0.2, 0) is 19.3 Å². The Labute approximate surface area is 171 Å². The summed E-state index contributed by atoms with van der Waals surface area (Å²) in [6, 6.07) is 18.3. The molecule has 0 aliphatic rings. The molecule has 4 rings (SSSR count). The van der Waals surface area contributed by atoms with Crippen LogP contribution < -0.4 is 4.74 Å². The molecule has 0 amide bonds. The molecule has 4 heteroatoms. The van der Waals surface area contributed by atoms with Crippen LogP contribution in [0.15, 0.2) is 71.4 Å². The molecule has 0 bridgehead atoms. The van der Waals surface area contributed by atoms with E-state index in [4.69, 9.17) is 9.15 Å². The maximum Gasteiger partial charge on any atom is 0.226 e. The van der Waals surface area contributed by atoms with Gasteiger partial charge in [-0.1, -0.05) is 30.3 Å². The van der Waals surface area contributed by atoms with Crippen LogP contribution in [0.1, 0.15) is 28.1 Å². The van der Waals surface area contributed by atoms with Gasteiger partial charge in [-0.2, -0.15) is 0 Å². The molecular weight excluding hydrogens is 360 g/mol. The van der Waals surface area contributed by atoms with E-state index < -0.39 is 0 Å². The molecule has 4 nitrogen and oxygen atoms in total. The fraction of sp³-hybridized carbons (Fsp3) is 0.240. The van der Waals surface area contributed by atoms with Gasteiger partial charge < -0.3 is 14.1 Å². The van der Waals surface area contributed by atoms with E-state index in [9.17, 15) is 0 Å². The van der Waals surface area contributed by atoms with Crippen molar-refractivity contribution in [3.05, 3.63) is 95.1 Å². The van der Waals surface area contributed by atoms with Gasteiger partial charge in [-0.05, 0) is 67.6 Å². The van der Waals surface area contributed by atoms with Crippen molar-refractivity contribution < 1.29 is 9.15 Å². The Balaban J connectivity index is 1.33. The third-order valence-corrected chi connectivity index (χ3v) is 5.17. The van der Waals surface area contributed by atoms with Crippen molar-refractivity contribution in [1.82, 2.24) is 9.97 Å². The van der Waals surface area contributed by atoms with Crippen LogP contribution in [0.5, 0.6) is 5.75 Å². The van der Waals surface area contributed by atoms with Crippen LogP contribution in [0.25, 0.3) is 11.5 Å². The van der Waals surface area contributed by atoms with Gasteiger partial charge in [0.2, 0.25) is 5.89 Å². The lowest BCUT2D eigenvalue weighted by Crippen LogP contribution is -2.03. The molecule has 0 saturated carbocycles. The van der Waals surface area contributed by atoms with E-state index in [1.807, 2.05) is 49.5 Å². The van der Waals surface area contributed by atoms with Crippen LogP contribution in [0.3, 0.4) is 0 Å². The van der Waals surface area contributed by atoms with Crippen molar-refractivity contribution in [1.29, 1.82) is 0 Å². The van der Waals surface area contributed by atoms with Gasteiger partial charge in [-0.3, -0.25) is 0 Å². The van der Waals surface area contributed by atoms with Gasteiger partial charge in [0.25, 0.3) is 0 Å². The van der Waals surface area contributed by atoms with Crippen LogP contribution in [0.4, 0.5) is 0 Å². The highest BCUT2D eigenvalue weighted by molar-refractivity contribution is 5.53. The smallest absolute Gasteiger partial charge is 0.226 e. The molecule has 2 heterocycles. The largest absolute Gasteiger partial charge is 0.493 e. The predicted molar refractivity (Wildman–Crippen MR) is 115 cm³/mol. The molecule has 148 valence electrons. The Morgan fingerprint density at radius 3 is 2.59 bits per heavy atom. The lowest BCUT2D eigenvalue weighted by atomic mass is 10.0. The second-order valence-corrected chi connectivity index (χ2v) is 7.30. The molecule has 29 heavy (non-hydrogen) atoms. The van der Waals surface area contributed by atoms with E-state index in [1.54, 1.807) is 0 Å². The molecule has 0 aliphatic heterocycles. The van der Waals surface area contributed by atoms with Gasteiger partial charge in [0, 0.05) is 24.4 Å². The summed E-state index contributed by atoms with van der Waals surface area (Å²) in [6.07, 6.45) is 6.87. The fourth-order valence-electron chi connectivity index (χ4n) is 3.44. The van der Waals surface area contributed by atoms with Gasteiger partial charge in [0.05, 0.1) is 12.3 Å². The Bertz CT molecular complexity index is 1060. The number of benzene rings is 2. The summed E-state index contributed by atoms with van der Waals surface area (Å²) < 4.78 is 11.8. The van der Waals surface area contributed by atoms with E-state index >= 15 is 0 Å². The molecule has 1 N–H and O–H groups in total. The number of oxazole rings is 1. The van der Waals surface area contributed by atoms with Crippen molar-refractivity contribution in [2.24, 2.45) is 0 Å². The SMILES string of the molecule is Cc1c[nH]cc1CCc1cccc(OCCc2nc(-c3ccccc3)oc2C)c1. The molecule has 2 aromatic heterocycles. The van der Waals surface area contributed by atoms with Crippen molar-refractivity contribution >= 4 is 0 Å². The average Bonchev–Trinajstić information content (AvgIpc) is 3.33. The molecule has 0 fully saturated rings. The van der Waals surface area contributed by atoms with Crippen molar-refractivity contribution in [3.63, 3.8) is 0 Å². The fourth-order valence-corrected chi connectivity index (χ4v) is 3.44. The first-order valence-corrected chi connectivity index (χ1v) is 10.0. The number of ether oxygens (including phenoxy) is 1. The summed E-state index contributed by atoms with van der Waals surface area (Å²) in [6.45, 7) is 4.67. The first kappa shape index (κ1) is 19.1. The zero-order chi connectivity index (χ0) is 20.1. The van der Waals surface area contributed by atoms with E-state index in [1.165, 1.54) is 16.7 Å². The molecule has 0 atom stereocenters. The van der Waals surface area contributed by atoms with E-state index in [2.05, 4.69) is 41.3 Å². The zero-order valence-corrected chi connectivity index (χ0v) is 16.9.